The van der Waals surface area contributed by atoms with Crippen molar-refractivity contribution in [2.45, 2.75) is 27.3 Å². The lowest BCUT2D eigenvalue weighted by Crippen LogP contribution is -2.21. The summed E-state index contributed by atoms with van der Waals surface area (Å²) >= 11 is 5.93. The van der Waals surface area contributed by atoms with Crippen molar-refractivity contribution in [3.05, 3.63) is 57.4 Å². The van der Waals surface area contributed by atoms with E-state index in [0.717, 1.165) is 22.5 Å². The summed E-state index contributed by atoms with van der Waals surface area (Å²) in [6.45, 7) is 6.35. The van der Waals surface area contributed by atoms with Crippen molar-refractivity contribution >= 4 is 35.2 Å². The molecule has 1 aromatic carbocycles. The van der Waals surface area contributed by atoms with Crippen LogP contribution in [-0.4, -0.2) is 36.8 Å². The number of methoxy groups -OCH3 is 1. The van der Waals surface area contributed by atoms with Crippen LogP contribution in [-0.2, 0) is 25.6 Å². The number of aromatic nitrogens is 1. The van der Waals surface area contributed by atoms with Crippen LogP contribution < -0.4 is 5.32 Å². The zero-order chi connectivity index (χ0) is 22.3. The second-order valence-electron chi connectivity index (χ2n) is 6.72. The SMILES string of the molecule is COCCn1c(C)cc(/C=C(\C#N)C(=O)OCC(=O)Nc2cc(Cl)ccc2C)c1C. The molecule has 2 aromatic rings. The molecule has 0 radical (unpaired) electrons. The molecule has 1 amide bonds. The first-order chi connectivity index (χ1) is 14.3. The molecule has 0 aliphatic carbocycles. The summed E-state index contributed by atoms with van der Waals surface area (Å²) in [6.07, 6.45) is 1.47. The molecule has 0 atom stereocenters. The number of carbonyl (C=O) groups is 2. The first-order valence-corrected chi connectivity index (χ1v) is 9.65. The molecule has 0 saturated heterocycles. The molecular weight excluding hydrogens is 406 g/mol. The minimum atomic E-state index is -0.864. The van der Waals surface area contributed by atoms with Gasteiger partial charge in [-0.05, 0) is 56.2 Å². The van der Waals surface area contributed by atoms with Crippen molar-refractivity contribution in [3.8, 4) is 6.07 Å². The number of hydrogen-bond donors (Lipinski definition) is 1. The summed E-state index contributed by atoms with van der Waals surface area (Å²) in [5, 5.41) is 12.5. The first kappa shape index (κ1) is 23.2. The standard InChI is InChI=1S/C22H24ClN3O4/c1-14-5-6-19(23)11-20(14)25-21(27)13-30-22(28)18(12-24)10-17-9-15(2)26(16(17)3)7-8-29-4/h5-6,9-11H,7-8,13H2,1-4H3,(H,25,27)/b18-10+. The molecule has 0 spiro atoms. The predicted molar refractivity (Wildman–Crippen MR) is 115 cm³/mol. The van der Waals surface area contributed by atoms with Gasteiger partial charge in [-0.3, -0.25) is 4.79 Å². The third-order valence-corrected chi connectivity index (χ3v) is 4.82. The van der Waals surface area contributed by atoms with E-state index in [1.165, 1.54) is 6.08 Å². The highest BCUT2D eigenvalue weighted by atomic mass is 35.5. The minimum Gasteiger partial charge on any atom is -0.451 e. The molecule has 0 aliphatic heterocycles. The van der Waals surface area contributed by atoms with Crippen LogP contribution >= 0.6 is 11.6 Å². The molecule has 0 saturated carbocycles. The van der Waals surface area contributed by atoms with Crippen LogP contribution in [0.1, 0.15) is 22.5 Å². The number of aryl methyl sites for hydroxylation is 2. The smallest absolute Gasteiger partial charge is 0.349 e. The lowest BCUT2D eigenvalue weighted by Gasteiger charge is -2.09. The Morgan fingerprint density at radius 3 is 2.67 bits per heavy atom. The molecule has 30 heavy (non-hydrogen) atoms. The average molecular weight is 430 g/mol. The van der Waals surface area contributed by atoms with E-state index in [2.05, 4.69) is 5.32 Å². The summed E-state index contributed by atoms with van der Waals surface area (Å²) in [7, 11) is 1.63. The van der Waals surface area contributed by atoms with E-state index in [9.17, 15) is 14.9 Å². The Balaban J connectivity index is 2.05. The maximum absolute atomic E-state index is 12.3. The van der Waals surface area contributed by atoms with Crippen LogP contribution in [0.4, 0.5) is 5.69 Å². The van der Waals surface area contributed by atoms with Crippen LogP contribution in [0.2, 0.25) is 5.02 Å². The fourth-order valence-corrected chi connectivity index (χ4v) is 3.09. The molecule has 1 N–H and O–H groups in total. The molecule has 0 fully saturated rings. The molecule has 0 bridgehead atoms. The van der Waals surface area contributed by atoms with Gasteiger partial charge in [0.1, 0.15) is 11.6 Å². The van der Waals surface area contributed by atoms with Crippen LogP contribution in [0, 0.1) is 32.1 Å². The predicted octanol–water partition coefficient (Wildman–Crippen LogP) is 3.80. The number of amides is 1. The van der Waals surface area contributed by atoms with Gasteiger partial charge >= 0.3 is 5.97 Å². The van der Waals surface area contributed by atoms with Crippen molar-refractivity contribution in [1.29, 1.82) is 5.26 Å². The number of rotatable bonds is 8. The number of hydrogen-bond acceptors (Lipinski definition) is 5. The number of esters is 1. The van der Waals surface area contributed by atoms with Gasteiger partial charge in [0.25, 0.3) is 5.91 Å². The quantitative estimate of drug-likeness (QED) is 0.391. The van der Waals surface area contributed by atoms with Gasteiger partial charge in [-0.2, -0.15) is 5.26 Å². The van der Waals surface area contributed by atoms with Crippen LogP contribution in [0.25, 0.3) is 6.08 Å². The second-order valence-corrected chi connectivity index (χ2v) is 7.16. The highest BCUT2D eigenvalue weighted by molar-refractivity contribution is 6.31. The van der Waals surface area contributed by atoms with Crippen molar-refractivity contribution < 1.29 is 19.1 Å². The Labute approximate surface area is 180 Å². The lowest BCUT2D eigenvalue weighted by atomic mass is 10.1. The number of nitrogens with one attached hydrogen (secondary N) is 1. The van der Waals surface area contributed by atoms with Gasteiger partial charge in [0, 0.05) is 35.8 Å². The van der Waals surface area contributed by atoms with E-state index in [1.54, 1.807) is 25.3 Å². The fraction of sp³-hybridized carbons (Fsp3) is 0.318. The van der Waals surface area contributed by atoms with Crippen LogP contribution in [0.5, 0.6) is 0 Å². The molecule has 8 heteroatoms. The molecule has 7 nitrogen and oxygen atoms in total. The highest BCUT2D eigenvalue weighted by Gasteiger charge is 2.16. The van der Waals surface area contributed by atoms with Gasteiger partial charge in [0.05, 0.1) is 6.61 Å². The van der Waals surface area contributed by atoms with Gasteiger partial charge in [-0.15, -0.1) is 0 Å². The van der Waals surface area contributed by atoms with Crippen molar-refractivity contribution in [2.75, 3.05) is 25.6 Å². The Kier molecular flexibility index (Phi) is 8.22. The zero-order valence-corrected chi connectivity index (χ0v) is 18.2. The van der Waals surface area contributed by atoms with Gasteiger partial charge < -0.3 is 19.4 Å². The Morgan fingerprint density at radius 2 is 2.00 bits per heavy atom. The second kappa shape index (κ2) is 10.6. The largest absolute Gasteiger partial charge is 0.451 e. The highest BCUT2D eigenvalue weighted by Crippen LogP contribution is 2.20. The van der Waals surface area contributed by atoms with E-state index >= 15 is 0 Å². The van der Waals surface area contributed by atoms with E-state index in [0.29, 0.717) is 23.9 Å². The summed E-state index contributed by atoms with van der Waals surface area (Å²) in [6, 6.07) is 8.81. The molecule has 2 rings (SSSR count). The number of carbonyl (C=O) groups excluding carboxylic acids is 2. The zero-order valence-electron chi connectivity index (χ0n) is 17.4. The monoisotopic (exact) mass is 429 g/mol. The third-order valence-electron chi connectivity index (χ3n) is 4.58. The molecule has 0 unspecified atom stereocenters. The van der Waals surface area contributed by atoms with Gasteiger partial charge in [0.2, 0.25) is 0 Å². The van der Waals surface area contributed by atoms with E-state index in [4.69, 9.17) is 21.1 Å². The van der Waals surface area contributed by atoms with Crippen molar-refractivity contribution in [1.82, 2.24) is 4.57 Å². The third kappa shape index (κ3) is 5.96. The number of halogens is 1. The summed E-state index contributed by atoms with van der Waals surface area (Å²) in [5.41, 5.74) is 3.78. The summed E-state index contributed by atoms with van der Waals surface area (Å²) in [5.74, 6) is -1.39. The molecule has 1 heterocycles. The summed E-state index contributed by atoms with van der Waals surface area (Å²) < 4.78 is 12.2. The number of nitriles is 1. The first-order valence-electron chi connectivity index (χ1n) is 9.27. The Bertz CT molecular complexity index is 1020. The lowest BCUT2D eigenvalue weighted by molar-refractivity contribution is -0.142. The van der Waals surface area contributed by atoms with E-state index in [1.807, 2.05) is 37.5 Å². The number of anilines is 1. The maximum atomic E-state index is 12.3. The molecule has 158 valence electrons. The minimum absolute atomic E-state index is 0.186. The Hall–Kier alpha value is -3.08. The van der Waals surface area contributed by atoms with Gasteiger partial charge in [-0.25, -0.2) is 4.79 Å². The fourth-order valence-electron chi connectivity index (χ4n) is 2.92. The maximum Gasteiger partial charge on any atom is 0.349 e. The van der Waals surface area contributed by atoms with Crippen molar-refractivity contribution in [3.63, 3.8) is 0 Å². The van der Waals surface area contributed by atoms with E-state index in [-0.39, 0.29) is 5.57 Å². The topological polar surface area (TPSA) is 93.3 Å². The number of ether oxygens (including phenoxy) is 2. The van der Waals surface area contributed by atoms with Gasteiger partial charge in [-0.1, -0.05) is 17.7 Å². The Morgan fingerprint density at radius 1 is 1.27 bits per heavy atom. The summed E-state index contributed by atoms with van der Waals surface area (Å²) in [4.78, 5) is 24.4. The van der Waals surface area contributed by atoms with Crippen LogP contribution in [0.3, 0.4) is 0 Å². The normalized spacial score (nSPS) is 11.1. The molecule has 0 aliphatic rings. The molecular formula is C22H24ClN3O4. The van der Waals surface area contributed by atoms with Crippen LogP contribution in [0.15, 0.2) is 29.8 Å². The number of nitrogens with zero attached hydrogens (tertiary/aromatic N) is 2. The average Bonchev–Trinajstić information content (AvgIpc) is 2.98. The van der Waals surface area contributed by atoms with Gasteiger partial charge in [0.15, 0.2) is 6.61 Å². The molecule has 1 aromatic heterocycles. The number of benzene rings is 1. The van der Waals surface area contributed by atoms with E-state index < -0.39 is 18.5 Å². The van der Waals surface area contributed by atoms with Crippen molar-refractivity contribution in [2.24, 2.45) is 0 Å².